The standard InChI is InChI=1S/C6H9N3OS.C6H15N.C4H7N3S.C4H8N2OS.C3H5N3S.C2H3ClO.C2H6N2S.K.H2O/c1-4-7-6(11-3)9(8-4)5(2)10;1-4-7(5-2)6-3;1-3-5-4(8-2)7-6-3;1-3(7)6-2-4(5)8;1-2-4-3(7)6-5-2;1-2(3)4;3-1-2(4)5;;/h1-3H3;4-6H2,1-3H3;1-2H3,(H,5,6,7);2H2,1H3,(H2,5,8)(H,6,7);1H3,(H2,4,5,6,7);1H3;1,3H2,(H2,4,5);;1H2/q;;;;;;;+1;/p-1. The number of hydrogen-bond acceptors (Lipinski definition) is 16. The van der Waals surface area contributed by atoms with Crippen LogP contribution in [0.25, 0.3) is 0 Å². The summed E-state index contributed by atoms with van der Waals surface area (Å²) in [4.78, 5) is 45.1. The zero-order valence-electron chi connectivity index (χ0n) is 32.0. The van der Waals surface area contributed by atoms with E-state index in [4.69, 9.17) is 17.2 Å². The van der Waals surface area contributed by atoms with Gasteiger partial charge in [0, 0.05) is 27.3 Å². The number of halogens is 1. The number of rotatable bonds is 8. The number of nitrogens with zero attached hydrogens (tertiary/aromatic N) is 7. The first-order valence-electron chi connectivity index (χ1n) is 14.7. The molecule has 3 heterocycles. The largest absolute Gasteiger partial charge is 1.00 e. The van der Waals surface area contributed by atoms with Gasteiger partial charge >= 0.3 is 51.4 Å². The molecule has 0 saturated heterocycles. The van der Waals surface area contributed by atoms with Crippen LogP contribution in [0.1, 0.15) is 63.8 Å². The fraction of sp³-hybridized carbons (Fsp3) is 0.593. The monoisotopic (exact) mass is 872 g/mol. The first-order valence-corrected chi connectivity index (χ1v) is 18.7. The van der Waals surface area contributed by atoms with Crippen molar-refractivity contribution < 1.29 is 71.2 Å². The molecule has 0 saturated carbocycles. The molecular formula is C27H54ClKN14O4S5. The summed E-state index contributed by atoms with van der Waals surface area (Å²) in [6, 6.07) is 0. The molecule has 0 aromatic carbocycles. The maximum Gasteiger partial charge on any atom is 1.00 e. The molecule has 0 atom stereocenters. The predicted octanol–water partition coefficient (Wildman–Crippen LogP) is 0.166. The Morgan fingerprint density at radius 1 is 0.904 bits per heavy atom. The molecule has 0 aliphatic carbocycles. The van der Waals surface area contributed by atoms with Gasteiger partial charge in [-0.05, 0) is 76.7 Å². The molecule has 25 heteroatoms. The predicted molar refractivity (Wildman–Crippen MR) is 217 cm³/mol. The zero-order chi connectivity index (χ0) is 39.8. The first kappa shape index (κ1) is 62.7. The second-order valence-electron chi connectivity index (χ2n) is 8.87. The molecule has 52 heavy (non-hydrogen) atoms. The van der Waals surface area contributed by atoms with Gasteiger partial charge in [0.1, 0.15) is 17.5 Å². The minimum absolute atomic E-state index is 0. The summed E-state index contributed by atoms with van der Waals surface area (Å²) in [6.07, 6.45) is 3.81. The van der Waals surface area contributed by atoms with Crippen LogP contribution in [0.3, 0.4) is 0 Å². The number of aromatic nitrogens is 9. The molecule has 0 fully saturated rings. The van der Waals surface area contributed by atoms with Crippen LogP contribution in [0.5, 0.6) is 0 Å². The van der Waals surface area contributed by atoms with E-state index in [9.17, 15) is 14.4 Å². The van der Waals surface area contributed by atoms with Gasteiger partial charge in [0.15, 0.2) is 5.16 Å². The first-order chi connectivity index (χ1) is 23.2. The Labute approximate surface area is 378 Å². The second-order valence-corrected chi connectivity index (χ2v) is 12.4. The second kappa shape index (κ2) is 40.9. The summed E-state index contributed by atoms with van der Waals surface area (Å²) in [6.45, 7) is 20.4. The molecule has 3 aromatic heterocycles. The van der Waals surface area contributed by atoms with E-state index in [-0.39, 0.29) is 73.9 Å². The van der Waals surface area contributed by atoms with Crippen molar-refractivity contribution in [3.8, 4) is 0 Å². The van der Waals surface area contributed by atoms with E-state index in [2.05, 4.69) is 120 Å². The van der Waals surface area contributed by atoms with Crippen LogP contribution >= 0.6 is 71.8 Å². The van der Waals surface area contributed by atoms with Gasteiger partial charge < -0.3 is 32.9 Å². The number of thioether (sulfide) groups is 2. The Bertz CT molecular complexity index is 1410. The van der Waals surface area contributed by atoms with Crippen molar-refractivity contribution in [1.29, 1.82) is 0 Å². The average molecular weight is 874 g/mol. The van der Waals surface area contributed by atoms with Gasteiger partial charge in [-0.25, -0.2) is 15.0 Å². The number of carbonyl (C=O) groups excluding carboxylic acids is 3. The van der Waals surface area contributed by atoms with E-state index in [0.717, 1.165) is 16.8 Å². The average Bonchev–Trinajstić information content (AvgIpc) is 3.76. The van der Waals surface area contributed by atoms with E-state index >= 15 is 0 Å². The Morgan fingerprint density at radius 2 is 1.38 bits per heavy atom. The van der Waals surface area contributed by atoms with Crippen molar-refractivity contribution in [2.75, 3.05) is 45.2 Å². The topological polar surface area (TPSA) is 291 Å². The zero-order valence-corrected chi connectivity index (χ0v) is 40.0. The molecule has 0 aliphatic heterocycles. The fourth-order valence-corrected chi connectivity index (χ4v) is 3.57. The minimum atomic E-state index is -0.361. The summed E-state index contributed by atoms with van der Waals surface area (Å²) in [5.41, 5.74) is 14.9. The third-order valence-electron chi connectivity index (χ3n) is 4.60. The Hall–Kier alpha value is -1.26. The molecule has 0 unspecified atom stereocenters. The summed E-state index contributed by atoms with van der Waals surface area (Å²) < 4.78 is 1.82. The maximum atomic E-state index is 10.9. The molecule has 11 N–H and O–H groups in total. The molecule has 0 aliphatic rings. The molecule has 3 rings (SSSR count). The number of aryl methyl sites for hydroxylation is 3. The normalized spacial score (nSPS) is 8.73. The van der Waals surface area contributed by atoms with Gasteiger partial charge in [0.05, 0.1) is 16.5 Å². The summed E-state index contributed by atoms with van der Waals surface area (Å²) in [5.74, 6) is 2.11. The molecule has 0 spiro atoms. The molecule has 294 valence electrons. The number of nitrogens with one attached hydrogen (secondary N) is 4. The number of nitrogens with two attached hydrogens (primary N) is 3. The third-order valence-corrected chi connectivity index (χ3v) is 6.28. The van der Waals surface area contributed by atoms with Crippen LogP contribution in [0.4, 0.5) is 0 Å². The van der Waals surface area contributed by atoms with Crippen molar-refractivity contribution in [3.05, 3.63) is 22.2 Å². The van der Waals surface area contributed by atoms with Gasteiger partial charge in [-0.3, -0.25) is 29.7 Å². The summed E-state index contributed by atoms with van der Waals surface area (Å²) >= 11 is 21.0. The summed E-state index contributed by atoms with van der Waals surface area (Å²) in [7, 11) is 0. The molecule has 0 bridgehead atoms. The van der Waals surface area contributed by atoms with Crippen molar-refractivity contribution in [1.82, 2.24) is 55.3 Å². The van der Waals surface area contributed by atoms with E-state index < -0.39 is 0 Å². The number of hydrogen-bond donors (Lipinski definition) is 7. The van der Waals surface area contributed by atoms with E-state index in [1.54, 1.807) is 6.92 Å². The van der Waals surface area contributed by atoms with Crippen LogP contribution in [0, 0.1) is 25.5 Å². The fourth-order valence-electron chi connectivity index (χ4n) is 2.38. The van der Waals surface area contributed by atoms with Crippen molar-refractivity contribution in [2.45, 2.75) is 72.6 Å². The van der Waals surface area contributed by atoms with Gasteiger partial charge in [-0.2, -0.15) is 4.68 Å². The van der Waals surface area contributed by atoms with Gasteiger partial charge in [-0.15, -0.1) is 10.2 Å². The molecule has 3 aromatic rings. The van der Waals surface area contributed by atoms with E-state index in [1.165, 1.54) is 68.6 Å². The summed E-state index contributed by atoms with van der Waals surface area (Å²) in [5, 5.41) is 19.4. The smallest absolute Gasteiger partial charge is 0.870 e. The number of aromatic amines is 3. The third kappa shape index (κ3) is 44.9. The minimum Gasteiger partial charge on any atom is -0.870 e. The van der Waals surface area contributed by atoms with Crippen molar-refractivity contribution in [2.24, 2.45) is 17.2 Å². The van der Waals surface area contributed by atoms with Crippen molar-refractivity contribution >= 4 is 98.8 Å². The van der Waals surface area contributed by atoms with Gasteiger partial charge in [0.2, 0.25) is 27.0 Å². The molecule has 1 amide bonds. The Balaban J connectivity index is -0.000000120. The van der Waals surface area contributed by atoms with Crippen LogP contribution in [0.2, 0.25) is 0 Å². The number of thiocarbonyl (C=S) groups is 2. The molecule has 0 radical (unpaired) electrons. The van der Waals surface area contributed by atoms with E-state index in [1.807, 2.05) is 26.4 Å². The Morgan fingerprint density at radius 3 is 1.54 bits per heavy atom. The Kier molecular flexibility index (Phi) is 49.3. The van der Waals surface area contributed by atoms with Gasteiger partial charge in [-0.1, -0.05) is 68.7 Å². The maximum absolute atomic E-state index is 10.9. The molecule has 18 nitrogen and oxygen atoms in total. The number of H-pyrrole nitrogens is 3. The van der Waals surface area contributed by atoms with Crippen LogP contribution in [-0.4, -0.2) is 128 Å². The van der Waals surface area contributed by atoms with Crippen LogP contribution in [-0.2, 0) is 9.59 Å². The molecular weight excluding hydrogens is 819 g/mol. The van der Waals surface area contributed by atoms with Gasteiger partial charge in [0.25, 0.3) is 0 Å². The quantitative estimate of drug-likeness (QED) is 0.0687. The van der Waals surface area contributed by atoms with Crippen molar-refractivity contribution in [3.63, 3.8) is 0 Å². The van der Waals surface area contributed by atoms with Crippen LogP contribution in [0.15, 0.2) is 10.3 Å². The van der Waals surface area contributed by atoms with Crippen LogP contribution < -0.4 is 73.9 Å². The number of amides is 1. The van der Waals surface area contributed by atoms with E-state index in [0.29, 0.717) is 38.8 Å². The SMILES string of the molecule is CC(=O)Cl.CC(=O)NCC(N)=S.CCN(CC)CC.CSc1n[nH]c(C)n1.CSc1nc(C)nn1C(C)=O.Cc1nc(=S)[nH][nH]1.NCC(N)=S.[K+].[OH-]. The number of carbonyl (C=O) groups is 3.